The Labute approximate surface area is 103 Å². The van der Waals surface area contributed by atoms with Crippen LogP contribution in [0.1, 0.15) is 0 Å². The summed E-state index contributed by atoms with van der Waals surface area (Å²) in [7, 11) is 2.89. The molecule has 0 fully saturated rings. The van der Waals surface area contributed by atoms with E-state index in [1.807, 2.05) is 0 Å². The number of methoxy groups -OCH3 is 1. The molecule has 1 aromatic carbocycles. The first-order valence-electron chi connectivity index (χ1n) is 4.27. The number of nitrogens with zero attached hydrogens (tertiary/aromatic N) is 1. The fourth-order valence-corrected chi connectivity index (χ4v) is 1.66. The van der Waals surface area contributed by atoms with Gasteiger partial charge in [0, 0.05) is 7.05 Å². The van der Waals surface area contributed by atoms with Crippen molar-refractivity contribution in [1.82, 2.24) is 0 Å². The number of hydrogen-bond donors (Lipinski definition) is 0. The Balaban J connectivity index is 3.21. The molecule has 0 radical (unpaired) electrons. The van der Waals surface area contributed by atoms with Crippen LogP contribution in [0.25, 0.3) is 0 Å². The summed E-state index contributed by atoms with van der Waals surface area (Å²) in [5.74, 6) is -0.300. The van der Waals surface area contributed by atoms with E-state index in [0.717, 1.165) is 4.90 Å². The van der Waals surface area contributed by atoms with Crippen LogP contribution < -0.4 is 9.64 Å². The lowest BCUT2D eigenvalue weighted by molar-refractivity contribution is -0.129. The highest BCUT2D eigenvalue weighted by molar-refractivity contribution is 6.45. The minimum Gasteiger partial charge on any atom is -0.495 e. The van der Waals surface area contributed by atoms with Crippen LogP contribution in [0.2, 0.25) is 10.0 Å². The zero-order chi connectivity index (χ0) is 12.3. The molecule has 0 aromatic heterocycles. The van der Waals surface area contributed by atoms with Crippen molar-refractivity contribution in [2.24, 2.45) is 0 Å². The summed E-state index contributed by atoms with van der Waals surface area (Å²) < 4.78 is 4.96. The molecule has 0 heterocycles. The van der Waals surface area contributed by atoms with Crippen molar-refractivity contribution in [3.05, 3.63) is 22.2 Å². The molecule has 1 amide bonds. The lowest BCUT2D eigenvalue weighted by atomic mass is 10.2. The predicted octanol–water partition coefficient (Wildman–Crippen LogP) is 2.16. The minimum absolute atomic E-state index is 0.165. The van der Waals surface area contributed by atoms with Gasteiger partial charge in [-0.3, -0.25) is 9.59 Å². The van der Waals surface area contributed by atoms with E-state index in [9.17, 15) is 9.59 Å². The van der Waals surface area contributed by atoms with Gasteiger partial charge in [0.25, 0.3) is 5.91 Å². The Bertz CT molecular complexity index is 434. The van der Waals surface area contributed by atoms with Crippen molar-refractivity contribution in [1.29, 1.82) is 0 Å². The van der Waals surface area contributed by atoms with Crippen molar-refractivity contribution in [3.63, 3.8) is 0 Å². The van der Waals surface area contributed by atoms with E-state index in [-0.39, 0.29) is 16.3 Å². The Kier molecular flexibility index (Phi) is 4.15. The van der Waals surface area contributed by atoms with Gasteiger partial charge in [-0.25, -0.2) is 0 Å². The van der Waals surface area contributed by atoms with E-state index < -0.39 is 5.91 Å². The number of halogens is 2. The highest BCUT2D eigenvalue weighted by Crippen LogP contribution is 2.38. The molecule has 0 unspecified atom stereocenters. The molecule has 0 atom stereocenters. The first-order valence-corrected chi connectivity index (χ1v) is 5.03. The number of hydrogen-bond acceptors (Lipinski definition) is 3. The molecule has 0 saturated carbocycles. The second-order valence-electron chi connectivity index (χ2n) is 2.93. The monoisotopic (exact) mass is 261 g/mol. The summed E-state index contributed by atoms with van der Waals surface area (Å²) in [6.07, 6.45) is 0.203. The predicted molar refractivity (Wildman–Crippen MR) is 62.5 cm³/mol. The van der Waals surface area contributed by atoms with E-state index in [1.54, 1.807) is 12.1 Å². The van der Waals surface area contributed by atoms with Crippen LogP contribution >= 0.6 is 23.2 Å². The molecule has 0 spiro atoms. The highest BCUT2D eigenvalue weighted by Gasteiger charge is 2.17. The van der Waals surface area contributed by atoms with Crippen molar-refractivity contribution in [3.8, 4) is 5.75 Å². The van der Waals surface area contributed by atoms with Crippen LogP contribution in [0.3, 0.4) is 0 Å². The lowest BCUT2D eigenvalue weighted by Crippen LogP contribution is -2.27. The van der Waals surface area contributed by atoms with E-state index in [4.69, 9.17) is 27.9 Å². The zero-order valence-corrected chi connectivity index (χ0v) is 10.2. The van der Waals surface area contributed by atoms with Gasteiger partial charge in [0.2, 0.25) is 6.29 Å². The second-order valence-corrected chi connectivity index (χ2v) is 3.69. The SMILES string of the molecule is COc1ccc(N(C)C(=O)C=O)c(Cl)c1Cl. The lowest BCUT2D eigenvalue weighted by Gasteiger charge is -2.17. The Morgan fingerprint density at radius 1 is 1.38 bits per heavy atom. The summed E-state index contributed by atoms with van der Waals surface area (Å²) in [4.78, 5) is 22.6. The summed E-state index contributed by atoms with van der Waals surface area (Å²) in [6.45, 7) is 0. The second kappa shape index (κ2) is 5.18. The van der Waals surface area contributed by atoms with E-state index in [1.165, 1.54) is 14.2 Å². The van der Waals surface area contributed by atoms with Gasteiger partial charge in [0.1, 0.15) is 10.8 Å². The molecule has 86 valence electrons. The number of anilines is 1. The third-order valence-corrected chi connectivity index (χ3v) is 2.89. The molecule has 0 bridgehead atoms. The average Bonchev–Trinajstić information content (AvgIpc) is 2.30. The number of aldehydes is 1. The van der Waals surface area contributed by atoms with Crippen molar-refractivity contribution < 1.29 is 14.3 Å². The van der Waals surface area contributed by atoms with Gasteiger partial charge in [0.05, 0.1) is 17.8 Å². The van der Waals surface area contributed by atoms with Gasteiger partial charge in [-0.05, 0) is 12.1 Å². The minimum atomic E-state index is -0.705. The molecule has 6 heteroatoms. The largest absolute Gasteiger partial charge is 0.495 e. The number of rotatable bonds is 3. The van der Waals surface area contributed by atoms with Crippen molar-refractivity contribution in [2.75, 3.05) is 19.1 Å². The molecule has 0 aliphatic heterocycles. The topological polar surface area (TPSA) is 46.6 Å². The van der Waals surface area contributed by atoms with Gasteiger partial charge >= 0.3 is 0 Å². The number of ether oxygens (including phenoxy) is 1. The number of benzene rings is 1. The molecular weight excluding hydrogens is 253 g/mol. The Morgan fingerprint density at radius 3 is 2.50 bits per heavy atom. The van der Waals surface area contributed by atoms with Gasteiger partial charge in [0.15, 0.2) is 0 Å². The van der Waals surface area contributed by atoms with Gasteiger partial charge in [-0.2, -0.15) is 0 Å². The summed E-state index contributed by atoms with van der Waals surface area (Å²) in [6, 6.07) is 3.12. The van der Waals surface area contributed by atoms with E-state index >= 15 is 0 Å². The highest BCUT2D eigenvalue weighted by atomic mass is 35.5. The molecule has 1 aromatic rings. The van der Waals surface area contributed by atoms with Crippen LogP contribution in [0.4, 0.5) is 5.69 Å². The first-order chi connectivity index (χ1) is 7.52. The van der Waals surface area contributed by atoms with Crippen molar-refractivity contribution in [2.45, 2.75) is 0 Å². The Hall–Kier alpha value is -1.26. The molecule has 1 rings (SSSR count). The van der Waals surface area contributed by atoms with Gasteiger partial charge < -0.3 is 9.64 Å². The maximum absolute atomic E-state index is 11.2. The molecule has 0 aliphatic rings. The normalized spacial score (nSPS) is 9.75. The van der Waals surface area contributed by atoms with E-state index in [2.05, 4.69) is 0 Å². The fraction of sp³-hybridized carbons (Fsp3) is 0.200. The summed E-state index contributed by atoms with van der Waals surface area (Å²) in [5, 5.41) is 0.367. The summed E-state index contributed by atoms with van der Waals surface area (Å²) >= 11 is 11.9. The quantitative estimate of drug-likeness (QED) is 0.619. The van der Waals surface area contributed by atoms with Crippen LogP contribution in [0, 0.1) is 0 Å². The maximum Gasteiger partial charge on any atom is 0.290 e. The standard InChI is InChI=1S/C10H9Cl2NO3/c1-13(8(15)5-14)6-3-4-7(16-2)10(12)9(6)11/h3-5H,1-2H3. The third kappa shape index (κ3) is 2.28. The molecule has 0 saturated heterocycles. The van der Waals surface area contributed by atoms with E-state index in [0.29, 0.717) is 11.4 Å². The fourth-order valence-electron chi connectivity index (χ4n) is 1.14. The smallest absolute Gasteiger partial charge is 0.290 e. The molecule has 16 heavy (non-hydrogen) atoms. The van der Waals surface area contributed by atoms with Crippen molar-refractivity contribution >= 4 is 41.1 Å². The van der Waals surface area contributed by atoms with Gasteiger partial charge in [-0.15, -0.1) is 0 Å². The summed E-state index contributed by atoms with van der Waals surface area (Å²) in [5.41, 5.74) is 0.351. The molecule has 4 nitrogen and oxygen atoms in total. The first kappa shape index (κ1) is 12.8. The molecule has 0 aliphatic carbocycles. The number of carbonyl (C=O) groups excluding carboxylic acids is 2. The van der Waals surface area contributed by atoms with Crippen LogP contribution in [0.5, 0.6) is 5.75 Å². The maximum atomic E-state index is 11.2. The van der Waals surface area contributed by atoms with Crippen LogP contribution in [-0.2, 0) is 9.59 Å². The number of amides is 1. The third-order valence-electron chi connectivity index (χ3n) is 2.04. The zero-order valence-electron chi connectivity index (χ0n) is 8.66. The van der Waals surface area contributed by atoms with Crippen LogP contribution in [-0.4, -0.2) is 26.4 Å². The van der Waals surface area contributed by atoms with Gasteiger partial charge in [-0.1, -0.05) is 23.2 Å². The molecule has 0 N–H and O–H groups in total. The average molecular weight is 262 g/mol. The van der Waals surface area contributed by atoms with Crippen LogP contribution in [0.15, 0.2) is 12.1 Å². The number of carbonyl (C=O) groups is 2. The Morgan fingerprint density at radius 2 is 2.00 bits per heavy atom. The number of likely N-dealkylation sites (N-methyl/N-ethyl adjacent to an activating group) is 1. The molecular formula is C10H9Cl2NO3.